The van der Waals surface area contributed by atoms with Gasteiger partial charge in [-0.3, -0.25) is 9.80 Å². The van der Waals surface area contributed by atoms with Crippen LogP contribution in [0.4, 0.5) is 0 Å². The fourth-order valence-electron chi connectivity index (χ4n) is 1.26. The predicted molar refractivity (Wildman–Crippen MR) is 55.3 cm³/mol. The van der Waals surface area contributed by atoms with Gasteiger partial charge >= 0.3 is 0 Å². The highest BCUT2D eigenvalue weighted by Crippen LogP contribution is 1.94. The van der Waals surface area contributed by atoms with Gasteiger partial charge in [-0.2, -0.15) is 0 Å². The molecule has 2 heteroatoms. The van der Waals surface area contributed by atoms with Gasteiger partial charge in [-0.15, -0.1) is 0 Å². The Hall–Kier alpha value is -0.0800. The van der Waals surface area contributed by atoms with Gasteiger partial charge in [0.15, 0.2) is 0 Å². The van der Waals surface area contributed by atoms with Gasteiger partial charge in [-0.05, 0) is 33.1 Å². The molecule has 0 bridgehead atoms. The highest BCUT2D eigenvalue weighted by Gasteiger charge is 2.02. The first kappa shape index (κ1) is 11.9. The van der Waals surface area contributed by atoms with Gasteiger partial charge < -0.3 is 0 Å². The Morgan fingerprint density at radius 3 is 2.00 bits per heavy atom. The van der Waals surface area contributed by atoms with Crippen LogP contribution in [-0.2, 0) is 0 Å². The first-order chi connectivity index (χ1) is 5.74. The van der Waals surface area contributed by atoms with Gasteiger partial charge in [0.25, 0.3) is 0 Å². The van der Waals surface area contributed by atoms with Crippen molar-refractivity contribution in [1.82, 2.24) is 9.80 Å². The monoisotopic (exact) mass is 172 g/mol. The van der Waals surface area contributed by atoms with Gasteiger partial charge in [0, 0.05) is 0 Å². The molecule has 0 aromatic heterocycles. The van der Waals surface area contributed by atoms with Crippen LogP contribution in [-0.4, -0.2) is 43.2 Å². The molecule has 0 amide bonds. The average Bonchev–Trinajstić information content (AvgIpc) is 2.10. The van der Waals surface area contributed by atoms with Crippen molar-refractivity contribution >= 4 is 0 Å². The second kappa shape index (κ2) is 7.56. The van der Waals surface area contributed by atoms with Crippen LogP contribution >= 0.6 is 0 Å². The SMILES string of the molecule is CCCCN(C)CN(CC)CC. The fraction of sp³-hybridized carbons (Fsp3) is 1.00. The third kappa shape index (κ3) is 5.56. The summed E-state index contributed by atoms with van der Waals surface area (Å²) in [4.78, 5) is 4.84. The van der Waals surface area contributed by atoms with Crippen molar-refractivity contribution < 1.29 is 0 Å². The van der Waals surface area contributed by atoms with Crippen LogP contribution in [0.25, 0.3) is 0 Å². The lowest BCUT2D eigenvalue weighted by molar-refractivity contribution is 0.165. The van der Waals surface area contributed by atoms with E-state index in [-0.39, 0.29) is 0 Å². The summed E-state index contributed by atoms with van der Waals surface area (Å²) >= 11 is 0. The van der Waals surface area contributed by atoms with Crippen LogP contribution < -0.4 is 0 Å². The Labute approximate surface area is 77.5 Å². The topological polar surface area (TPSA) is 6.48 Å². The van der Waals surface area contributed by atoms with E-state index >= 15 is 0 Å². The van der Waals surface area contributed by atoms with Crippen molar-refractivity contribution in [2.75, 3.05) is 33.4 Å². The summed E-state index contributed by atoms with van der Waals surface area (Å²) < 4.78 is 0. The molecule has 0 saturated heterocycles. The second-order valence-electron chi connectivity index (χ2n) is 3.38. The summed E-state index contributed by atoms with van der Waals surface area (Å²) in [5.41, 5.74) is 0. The molecular weight excluding hydrogens is 148 g/mol. The molecule has 0 aliphatic rings. The molecule has 0 radical (unpaired) electrons. The minimum atomic E-state index is 1.12. The minimum Gasteiger partial charge on any atom is -0.294 e. The van der Waals surface area contributed by atoms with Crippen molar-refractivity contribution in [3.8, 4) is 0 Å². The zero-order valence-electron chi connectivity index (χ0n) is 9.14. The van der Waals surface area contributed by atoms with Crippen molar-refractivity contribution in [2.45, 2.75) is 33.6 Å². The Balaban J connectivity index is 3.44. The molecule has 0 rings (SSSR count). The number of hydrogen-bond acceptors (Lipinski definition) is 2. The largest absolute Gasteiger partial charge is 0.294 e. The van der Waals surface area contributed by atoms with Gasteiger partial charge in [0.1, 0.15) is 0 Å². The number of unbranched alkanes of at least 4 members (excludes halogenated alkanes) is 1. The molecule has 0 aromatic rings. The van der Waals surface area contributed by atoms with E-state index in [1.165, 1.54) is 19.4 Å². The maximum absolute atomic E-state index is 2.44. The molecule has 74 valence electrons. The van der Waals surface area contributed by atoms with Crippen molar-refractivity contribution in [3.63, 3.8) is 0 Å². The lowest BCUT2D eigenvalue weighted by Gasteiger charge is -2.25. The Bertz CT molecular complexity index is 89.8. The van der Waals surface area contributed by atoms with Gasteiger partial charge in [0.2, 0.25) is 0 Å². The average molecular weight is 172 g/mol. The van der Waals surface area contributed by atoms with E-state index in [0.29, 0.717) is 0 Å². The van der Waals surface area contributed by atoms with Gasteiger partial charge in [0.05, 0.1) is 6.67 Å². The third-order valence-electron chi connectivity index (χ3n) is 2.23. The van der Waals surface area contributed by atoms with E-state index < -0.39 is 0 Å². The lowest BCUT2D eigenvalue weighted by atomic mass is 10.3. The Morgan fingerprint density at radius 2 is 1.58 bits per heavy atom. The molecule has 0 fully saturated rings. The highest BCUT2D eigenvalue weighted by molar-refractivity contribution is 4.53. The normalized spacial score (nSPS) is 11.5. The molecule has 0 heterocycles. The molecule has 0 atom stereocenters. The highest BCUT2D eigenvalue weighted by atomic mass is 15.3. The number of nitrogens with zero attached hydrogens (tertiary/aromatic N) is 2. The smallest absolute Gasteiger partial charge is 0.0503 e. The molecule has 0 unspecified atom stereocenters. The number of rotatable bonds is 7. The summed E-state index contributed by atoms with van der Waals surface area (Å²) in [6.07, 6.45) is 2.61. The first-order valence-corrected chi connectivity index (χ1v) is 5.15. The van der Waals surface area contributed by atoms with Crippen LogP contribution in [0.3, 0.4) is 0 Å². The van der Waals surface area contributed by atoms with Crippen LogP contribution in [0.2, 0.25) is 0 Å². The molecule has 0 N–H and O–H groups in total. The summed E-state index contributed by atoms with van der Waals surface area (Å²) in [6.45, 7) is 11.3. The fourth-order valence-corrected chi connectivity index (χ4v) is 1.26. The lowest BCUT2D eigenvalue weighted by Crippen LogP contribution is -2.35. The van der Waals surface area contributed by atoms with Crippen LogP contribution in [0.15, 0.2) is 0 Å². The quantitative estimate of drug-likeness (QED) is 0.542. The van der Waals surface area contributed by atoms with Gasteiger partial charge in [-0.1, -0.05) is 27.2 Å². The molecule has 0 aromatic carbocycles. The third-order valence-corrected chi connectivity index (χ3v) is 2.23. The minimum absolute atomic E-state index is 1.12. The van der Waals surface area contributed by atoms with E-state index in [0.717, 1.165) is 19.8 Å². The summed E-state index contributed by atoms with van der Waals surface area (Å²) in [6, 6.07) is 0. The maximum Gasteiger partial charge on any atom is 0.0503 e. The van der Waals surface area contributed by atoms with Crippen LogP contribution in [0.5, 0.6) is 0 Å². The predicted octanol–water partition coefficient (Wildman–Crippen LogP) is 2.02. The zero-order valence-corrected chi connectivity index (χ0v) is 9.14. The van der Waals surface area contributed by atoms with Crippen molar-refractivity contribution in [1.29, 1.82) is 0 Å². The standard InChI is InChI=1S/C10H24N2/c1-5-8-9-11(4)10-12(6-2)7-3/h5-10H2,1-4H3. The van der Waals surface area contributed by atoms with E-state index in [1.54, 1.807) is 0 Å². The van der Waals surface area contributed by atoms with E-state index in [4.69, 9.17) is 0 Å². The maximum atomic E-state index is 2.44. The molecule has 0 aliphatic carbocycles. The van der Waals surface area contributed by atoms with Crippen LogP contribution in [0.1, 0.15) is 33.6 Å². The van der Waals surface area contributed by atoms with Crippen molar-refractivity contribution in [2.24, 2.45) is 0 Å². The van der Waals surface area contributed by atoms with E-state index in [9.17, 15) is 0 Å². The first-order valence-electron chi connectivity index (χ1n) is 5.15. The molecule has 12 heavy (non-hydrogen) atoms. The van der Waals surface area contributed by atoms with Crippen molar-refractivity contribution in [3.05, 3.63) is 0 Å². The number of hydrogen-bond donors (Lipinski definition) is 0. The second-order valence-corrected chi connectivity index (χ2v) is 3.38. The van der Waals surface area contributed by atoms with Gasteiger partial charge in [-0.25, -0.2) is 0 Å². The zero-order chi connectivity index (χ0) is 9.40. The molecular formula is C10H24N2. The molecule has 0 saturated carbocycles. The molecule has 2 nitrogen and oxygen atoms in total. The van der Waals surface area contributed by atoms with Crippen LogP contribution in [0, 0.1) is 0 Å². The summed E-state index contributed by atoms with van der Waals surface area (Å²) in [5.74, 6) is 0. The summed E-state index contributed by atoms with van der Waals surface area (Å²) in [7, 11) is 2.20. The van der Waals surface area contributed by atoms with E-state index in [1.807, 2.05) is 0 Å². The van der Waals surface area contributed by atoms with E-state index in [2.05, 4.69) is 37.6 Å². The molecule has 0 aliphatic heterocycles. The summed E-state index contributed by atoms with van der Waals surface area (Å²) in [5, 5.41) is 0. The molecule has 0 spiro atoms. The Morgan fingerprint density at radius 1 is 1.00 bits per heavy atom. The Kier molecular flexibility index (Phi) is 7.51.